The van der Waals surface area contributed by atoms with Crippen molar-refractivity contribution >= 4 is 45.3 Å². The molecular weight excluding hydrogens is 481 g/mol. The topological polar surface area (TPSA) is 54.9 Å². The van der Waals surface area contributed by atoms with Crippen LogP contribution >= 0.6 is 22.6 Å². The molecule has 0 spiro atoms. The van der Waals surface area contributed by atoms with Crippen LogP contribution in [0.25, 0.3) is 10.9 Å². The first-order valence-corrected chi connectivity index (χ1v) is 10.6. The number of hydrogen-bond donors (Lipinski definition) is 0. The van der Waals surface area contributed by atoms with Gasteiger partial charge in [-0.05, 0) is 52.4 Å². The molecule has 4 rings (SSSR count). The van der Waals surface area contributed by atoms with Crippen molar-refractivity contribution in [1.82, 2.24) is 9.88 Å². The normalized spacial score (nSPS) is 14.7. The molecule has 0 N–H and O–H groups in total. The molecule has 0 atom stereocenters. The highest BCUT2D eigenvalue weighted by atomic mass is 127. The van der Waals surface area contributed by atoms with Gasteiger partial charge < -0.3 is 9.47 Å². The number of carbonyl (C=O) groups excluding carboxylic acids is 1. The lowest BCUT2D eigenvalue weighted by Gasteiger charge is -2.27. The van der Waals surface area contributed by atoms with Crippen LogP contribution in [0.15, 0.2) is 54.7 Å². The summed E-state index contributed by atoms with van der Waals surface area (Å²) in [4.78, 5) is 21.2. The molecule has 0 aliphatic carbocycles. The highest BCUT2D eigenvalue weighted by Gasteiger charge is 2.21. The predicted octanol–water partition coefficient (Wildman–Crippen LogP) is 4.31. The number of morpholine rings is 1. The summed E-state index contributed by atoms with van der Waals surface area (Å²) in [6, 6.07) is 15.5. The third-order valence-electron chi connectivity index (χ3n) is 4.99. The summed E-state index contributed by atoms with van der Waals surface area (Å²) in [5.41, 5.74) is 2.65. The van der Waals surface area contributed by atoms with Gasteiger partial charge in [0.15, 0.2) is 5.75 Å². The van der Waals surface area contributed by atoms with Gasteiger partial charge in [-0.2, -0.15) is 0 Å². The van der Waals surface area contributed by atoms with Crippen LogP contribution < -0.4 is 9.64 Å². The molecular formula is C22H22IN3O3. The van der Waals surface area contributed by atoms with Gasteiger partial charge in [0.2, 0.25) is 0 Å². The third kappa shape index (κ3) is 4.52. The van der Waals surface area contributed by atoms with Crippen LogP contribution in [0.1, 0.15) is 5.56 Å². The summed E-state index contributed by atoms with van der Waals surface area (Å²) in [5.74, 6) is 0.500. The summed E-state index contributed by atoms with van der Waals surface area (Å²) < 4.78 is 12.1. The molecule has 3 aromatic rings. The van der Waals surface area contributed by atoms with Gasteiger partial charge in [0, 0.05) is 44.0 Å². The van der Waals surface area contributed by atoms with Gasteiger partial charge in [-0.25, -0.2) is 4.79 Å². The van der Waals surface area contributed by atoms with Crippen molar-refractivity contribution in [3.8, 4) is 5.75 Å². The first kappa shape index (κ1) is 20.1. The molecule has 150 valence electrons. The van der Waals surface area contributed by atoms with Crippen LogP contribution in [0.3, 0.4) is 0 Å². The molecule has 1 saturated heterocycles. The number of amides is 1. The van der Waals surface area contributed by atoms with E-state index in [1.54, 1.807) is 13.2 Å². The molecule has 29 heavy (non-hydrogen) atoms. The summed E-state index contributed by atoms with van der Waals surface area (Å²) >= 11 is 2.22. The van der Waals surface area contributed by atoms with Crippen LogP contribution in [0, 0.1) is 3.57 Å². The fraction of sp³-hybridized carbons (Fsp3) is 0.273. The average Bonchev–Trinajstić information content (AvgIpc) is 2.77. The molecule has 1 aliphatic rings. The van der Waals surface area contributed by atoms with Crippen molar-refractivity contribution in [3.05, 3.63) is 63.9 Å². The Morgan fingerprint density at radius 2 is 1.97 bits per heavy atom. The zero-order chi connectivity index (χ0) is 20.2. The van der Waals surface area contributed by atoms with Crippen LogP contribution in [0.4, 0.5) is 10.5 Å². The van der Waals surface area contributed by atoms with E-state index in [9.17, 15) is 4.79 Å². The van der Waals surface area contributed by atoms with E-state index in [1.807, 2.05) is 42.5 Å². The number of aromatic nitrogens is 1. The molecule has 1 aromatic heterocycles. The molecule has 6 nitrogen and oxygen atoms in total. The Labute approximate surface area is 183 Å². The molecule has 1 aliphatic heterocycles. The van der Waals surface area contributed by atoms with Gasteiger partial charge >= 0.3 is 6.09 Å². The van der Waals surface area contributed by atoms with Gasteiger partial charge in [-0.3, -0.25) is 14.8 Å². The fourth-order valence-electron chi connectivity index (χ4n) is 3.40. The lowest BCUT2D eigenvalue weighted by molar-refractivity contribution is 0.0343. The maximum atomic E-state index is 12.8. The molecule has 0 unspecified atom stereocenters. The van der Waals surface area contributed by atoms with Crippen molar-refractivity contribution in [2.45, 2.75) is 6.54 Å². The second-order valence-electron chi connectivity index (χ2n) is 6.90. The lowest BCUT2D eigenvalue weighted by Crippen LogP contribution is -2.35. The number of nitrogens with zero attached hydrogens (tertiary/aromatic N) is 3. The average molecular weight is 503 g/mol. The number of ether oxygens (including phenoxy) is 2. The van der Waals surface area contributed by atoms with Crippen LogP contribution in [-0.2, 0) is 11.3 Å². The number of benzene rings is 2. The first-order valence-electron chi connectivity index (χ1n) is 9.50. The number of anilines is 1. The molecule has 0 bridgehead atoms. The van der Waals surface area contributed by atoms with E-state index in [1.165, 1.54) is 10.5 Å². The number of carbonyl (C=O) groups is 1. The monoisotopic (exact) mass is 503 g/mol. The first-order chi connectivity index (χ1) is 14.1. The van der Waals surface area contributed by atoms with E-state index in [-0.39, 0.29) is 0 Å². The van der Waals surface area contributed by atoms with Crippen LogP contribution in [0.2, 0.25) is 0 Å². The van der Waals surface area contributed by atoms with E-state index in [2.05, 4.69) is 38.5 Å². The minimum absolute atomic E-state index is 0.443. The predicted molar refractivity (Wildman–Crippen MR) is 121 cm³/mol. The van der Waals surface area contributed by atoms with Crippen molar-refractivity contribution in [3.63, 3.8) is 0 Å². The van der Waals surface area contributed by atoms with E-state index in [0.717, 1.165) is 47.5 Å². The molecule has 7 heteroatoms. The number of pyridine rings is 1. The third-order valence-corrected chi connectivity index (χ3v) is 5.79. The quantitative estimate of drug-likeness (QED) is 0.497. The smallest absolute Gasteiger partial charge is 0.406 e. The summed E-state index contributed by atoms with van der Waals surface area (Å²) in [6.45, 7) is 4.16. The van der Waals surface area contributed by atoms with Gasteiger partial charge in [0.1, 0.15) is 5.52 Å². The minimum atomic E-state index is -0.443. The summed E-state index contributed by atoms with van der Waals surface area (Å²) in [7, 11) is 1.70. The number of halogens is 1. The zero-order valence-corrected chi connectivity index (χ0v) is 18.3. The number of rotatable bonds is 4. The molecule has 2 aromatic carbocycles. The van der Waals surface area contributed by atoms with Crippen LogP contribution in [-0.4, -0.2) is 49.3 Å². The van der Waals surface area contributed by atoms with Crippen molar-refractivity contribution in [2.75, 3.05) is 38.3 Å². The summed E-state index contributed by atoms with van der Waals surface area (Å²) in [6.07, 6.45) is 1.29. The standard InChI is InChI=1S/C22H22IN3O3/c1-25(17-6-3-2-4-7-17)22(27)29-21-19(23)14-16(15-26-10-12-28-13-11-26)18-8-5-9-24-20(18)21/h2-9,14H,10-13,15H2,1H3. The number of para-hydroxylation sites is 1. The van der Waals surface area contributed by atoms with Crippen molar-refractivity contribution in [2.24, 2.45) is 0 Å². The molecule has 1 fully saturated rings. The SMILES string of the molecule is CN(C(=O)Oc1c(I)cc(CN2CCOCC2)c2cccnc12)c1ccccc1. The lowest BCUT2D eigenvalue weighted by atomic mass is 10.1. The zero-order valence-electron chi connectivity index (χ0n) is 16.2. The number of hydrogen-bond acceptors (Lipinski definition) is 5. The van der Waals surface area contributed by atoms with Gasteiger partial charge in [-0.1, -0.05) is 24.3 Å². The van der Waals surface area contributed by atoms with Crippen LogP contribution in [0.5, 0.6) is 5.75 Å². The van der Waals surface area contributed by atoms with Crippen molar-refractivity contribution in [1.29, 1.82) is 0 Å². The fourth-order valence-corrected chi connectivity index (χ4v) is 4.14. The van der Waals surface area contributed by atoms with Crippen molar-refractivity contribution < 1.29 is 14.3 Å². The maximum Gasteiger partial charge on any atom is 0.419 e. The largest absolute Gasteiger partial charge is 0.419 e. The number of fused-ring (bicyclic) bond motifs is 1. The molecule has 0 saturated carbocycles. The summed E-state index contributed by atoms with van der Waals surface area (Å²) in [5, 5.41) is 1.00. The van der Waals surface area contributed by atoms with Gasteiger partial charge in [-0.15, -0.1) is 0 Å². The van der Waals surface area contributed by atoms with Gasteiger partial charge in [0.05, 0.1) is 16.8 Å². The Morgan fingerprint density at radius 3 is 2.72 bits per heavy atom. The van der Waals surface area contributed by atoms with Gasteiger partial charge in [0.25, 0.3) is 0 Å². The Morgan fingerprint density at radius 1 is 1.21 bits per heavy atom. The second kappa shape index (κ2) is 9.06. The van der Waals surface area contributed by atoms with E-state index < -0.39 is 6.09 Å². The van der Waals surface area contributed by atoms with E-state index in [0.29, 0.717) is 11.3 Å². The molecule has 2 heterocycles. The molecule has 0 radical (unpaired) electrons. The van der Waals surface area contributed by atoms with E-state index in [4.69, 9.17) is 9.47 Å². The Bertz CT molecular complexity index is 1010. The second-order valence-corrected chi connectivity index (χ2v) is 8.06. The van der Waals surface area contributed by atoms with E-state index >= 15 is 0 Å². The molecule has 1 amide bonds. The Kier molecular flexibility index (Phi) is 6.27. The maximum absolute atomic E-state index is 12.8. The Hall–Kier alpha value is -2.23. The highest BCUT2D eigenvalue weighted by molar-refractivity contribution is 14.1. The highest BCUT2D eigenvalue weighted by Crippen LogP contribution is 2.33. The Balaban J connectivity index is 1.64. The minimum Gasteiger partial charge on any atom is -0.406 e.